The van der Waals surface area contributed by atoms with Crippen LogP contribution in [0.3, 0.4) is 0 Å². The minimum absolute atomic E-state index is 0.0602. The molecule has 2 fully saturated rings. The molecule has 2 bridgehead atoms. The quantitative estimate of drug-likeness (QED) is 0.462. The summed E-state index contributed by atoms with van der Waals surface area (Å²) in [7, 11) is 2.01. The summed E-state index contributed by atoms with van der Waals surface area (Å²) in [6.07, 6.45) is 13.8. The summed E-state index contributed by atoms with van der Waals surface area (Å²) in [5.41, 5.74) is 3.00. The van der Waals surface area contributed by atoms with Crippen LogP contribution in [0.4, 0.5) is 5.69 Å². The number of hydrogen-bond donors (Lipinski definition) is 3. The number of rotatable bonds is 10. The number of imidazole rings is 1. The standard InChI is InChI=1S/C25H36ClN5O/c1-31-18-28-16-21(31)8-11-27-12-13-29-20-6-7-23(26)22(14-20)24(32)30-17-25-9-2-4-19(15-25)5-3-10-25/h6-7,14,16,18-19,27,29H,2-5,8-13,15,17H2,1H3,(H,30,32). The van der Waals surface area contributed by atoms with Gasteiger partial charge in [0.2, 0.25) is 0 Å². The van der Waals surface area contributed by atoms with Gasteiger partial charge in [-0.15, -0.1) is 0 Å². The van der Waals surface area contributed by atoms with Crippen LogP contribution in [0.25, 0.3) is 0 Å². The third-order valence-corrected chi connectivity index (χ3v) is 7.63. The number of hydrogen-bond acceptors (Lipinski definition) is 4. The Labute approximate surface area is 196 Å². The van der Waals surface area contributed by atoms with Crippen molar-refractivity contribution >= 4 is 23.2 Å². The van der Waals surface area contributed by atoms with Crippen LogP contribution in [0.15, 0.2) is 30.7 Å². The molecular formula is C25H36ClN5O. The largest absolute Gasteiger partial charge is 0.384 e. The lowest BCUT2D eigenvalue weighted by molar-refractivity contribution is 0.0682. The zero-order chi connectivity index (χ0) is 22.4. The topological polar surface area (TPSA) is 71.0 Å². The van der Waals surface area contributed by atoms with Gasteiger partial charge in [-0.3, -0.25) is 4.79 Å². The van der Waals surface area contributed by atoms with Crippen molar-refractivity contribution in [1.82, 2.24) is 20.2 Å². The van der Waals surface area contributed by atoms with Crippen LogP contribution in [0.5, 0.6) is 0 Å². The average molecular weight is 458 g/mol. The fourth-order valence-electron chi connectivity index (χ4n) is 5.50. The SMILES string of the molecule is Cn1cncc1CCNCCNc1ccc(Cl)c(C(=O)NCC23CCCC(CCC2)C3)c1. The summed E-state index contributed by atoms with van der Waals surface area (Å²) in [6, 6.07) is 5.61. The molecular weight excluding hydrogens is 422 g/mol. The second kappa shape index (κ2) is 10.7. The van der Waals surface area contributed by atoms with Crippen LogP contribution in [0.1, 0.15) is 61.0 Å². The minimum atomic E-state index is -0.0602. The van der Waals surface area contributed by atoms with Gasteiger partial charge in [0, 0.05) is 57.2 Å². The molecule has 3 N–H and O–H groups in total. The molecule has 7 heteroatoms. The van der Waals surface area contributed by atoms with E-state index in [-0.39, 0.29) is 5.91 Å². The highest BCUT2D eigenvalue weighted by Gasteiger charge is 2.39. The van der Waals surface area contributed by atoms with Crippen LogP contribution in [-0.2, 0) is 13.5 Å². The molecule has 0 atom stereocenters. The van der Waals surface area contributed by atoms with Gasteiger partial charge < -0.3 is 20.5 Å². The molecule has 0 aliphatic heterocycles. The second-order valence-corrected chi connectivity index (χ2v) is 10.1. The third kappa shape index (κ3) is 5.84. The Bertz CT molecular complexity index is 901. The summed E-state index contributed by atoms with van der Waals surface area (Å²) in [6.45, 7) is 3.29. The Hall–Kier alpha value is -2.05. The van der Waals surface area contributed by atoms with Crippen LogP contribution >= 0.6 is 11.6 Å². The van der Waals surface area contributed by atoms with Crippen molar-refractivity contribution in [2.45, 2.75) is 51.4 Å². The van der Waals surface area contributed by atoms with E-state index >= 15 is 0 Å². The van der Waals surface area contributed by atoms with E-state index < -0.39 is 0 Å². The minimum Gasteiger partial charge on any atom is -0.384 e. The maximum atomic E-state index is 12.9. The highest BCUT2D eigenvalue weighted by molar-refractivity contribution is 6.34. The van der Waals surface area contributed by atoms with Gasteiger partial charge in [-0.05, 0) is 48.8 Å². The number of anilines is 1. The molecule has 4 rings (SSSR count). The van der Waals surface area contributed by atoms with Crippen molar-refractivity contribution in [3.63, 3.8) is 0 Å². The number of fused-ring (bicyclic) bond motifs is 2. The molecule has 1 aromatic carbocycles. The lowest BCUT2D eigenvalue weighted by Crippen LogP contribution is -2.43. The summed E-state index contributed by atoms with van der Waals surface area (Å²) in [5, 5.41) is 10.5. The first kappa shape index (κ1) is 23.1. The fourth-order valence-corrected chi connectivity index (χ4v) is 5.71. The lowest BCUT2D eigenvalue weighted by atomic mass is 9.62. The van der Waals surface area contributed by atoms with E-state index in [0.717, 1.165) is 44.2 Å². The smallest absolute Gasteiger partial charge is 0.252 e. The Morgan fingerprint density at radius 3 is 2.78 bits per heavy atom. The van der Waals surface area contributed by atoms with E-state index in [1.807, 2.05) is 42.3 Å². The zero-order valence-corrected chi connectivity index (χ0v) is 19.9. The highest BCUT2D eigenvalue weighted by atomic mass is 35.5. The first-order chi connectivity index (χ1) is 15.5. The number of carbonyl (C=O) groups excluding carboxylic acids is 1. The molecule has 2 aliphatic rings. The van der Waals surface area contributed by atoms with E-state index in [4.69, 9.17) is 11.6 Å². The Morgan fingerprint density at radius 2 is 2.03 bits per heavy atom. The normalized spacial score (nSPS) is 22.5. The molecule has 0 unspecified atom stereocenters. The number of carbonyl (C=O) groups is 1. The van der Waals surface area contributed by atoms with Gasteiger partial charge >= 0.3 is 0 Å². The van der Waals surface area contributed by atoms with Crippen molar-refractivity contribution in [1.29, 1.82) is 0 Å². The molecule has 0 radical (unpaired) electrons. The van der Waals surface area contributed by atoms with Gasteiger partial charge in [-0.2, -0.15) is 0 Å². The predicted molar refractivity (Wildman–Crippen MR) is 130 cm³/mol. The molecule has 174 valence electrons. The predicted octanol–water partition coefficient (Wildman–Crippen LogP) is 4.41. The Kier molecular flexibility index (Phi) is 7.74. The van der Waals surface area contributed by atoms with Gasteiger partial charge in [0.1, 0.15) is 0 Å². The number of amides is 1. The van der Waals surface area contributed by atoms with Gasteiger partial charge in [0.15, 0.2) is 0 Å². The van der Waals surface area contributed by atoms with Crippen molar-refractivity contribution in [2.75, 3.05) is 31.5 Å². The molecule has 0 spiro atoms. The van der Waals surface area contributed by atoms with Crippen LogP contribution in [0, 0.1) is 11.3 Å². The Balaban J connectivity index is 1.23. The second-order valence-electron chi connectivity index (χ2n) is 9.65. The van der Waals surface area contributed by atoms with Gasteiger partial charge in [0.25, 0.3) is 5.91 Å². The number of nitrogens with zero attached hydrogens (tertiary/aromatic N) is 2. The molecule has 32 heavy (non-hydrogen) atoms. The maximum absolute atomic E-state index is 12.9. The molecule has 2 aliphatic carbocycles. The maximum Gasteiger partial charge on any atom is 0.252 e. The molecule has 0 saturated heterocycles. The molecule has 6 nitrogen and oxygen atoms in total. The highest BCUT2D eigenvalue weighted by Crippen LogP contribution is 2.48. The summed E-state index contributed by atoms with van der Waals surface area (Å²) >= 11 is 6.37. The first-order valence-corrected chi connectivity index (χ1v) is 12.4. The van der Waals surface area contributed by atoms with Crippen LogP contribution < -0.4 is 16.0 Å². The van der Waals surface area contributed by atoms with Crippen molar-refractivity contribution in [2.24, 2.45) is 18.4 Å². The zero-order valence-electron chi connectivity index (χ0n) is 19.1. The number of benzene rings is 1. The van der Waals surface area contributed by atoms with E-state index in [0.29, 0.717) is 16.0 Å². The van der Waals surface area contributed by atoms with E-state index in [1.165, 1.54) is 50.6 Å². The molecule has 2 aromatic rings. The van der Waals surface area contributed by atoms with E-state index in [9.17, 15) is 4.79 Å². The Morgan fingerprint density at radius 1 is 1.22 bits per heavy atom. The first-order valence-electron chi connectivity index (χ1n) is 12.0. The third-order valence-electron chi connectivity index (χ3n) is 7.30. The van der Waals surface area contributed by atoms with E-state index in [1.54, 1.807) is 0 Å². The summed E-state index contributed by atoms with van der Waals surface area (Å²) in [5.74, 6) is 0.804. The molecule has 2 saturated carbocycles. The summed E-state index contributed by atoms with van der Waals surface area (Å²) in [4.78, 5) is 17.1. The fraction of sp³-hybridized carbons (Fsp3) is 0.600. The molecule has 1 heterocycles. The molecule has 1 amide bonds. The number of aromatic nitrogens is 2. The number of halogens is 1. The summed E-state index contributed by atoms with van der Waals surface area (Å²) < 4.78 is 2.04. The van der Waals surface area contributed by atoms with Crippen LogP contribution in [-0.4, -0.2) is 41.6 Å². The molecule has 1 aromatic heterocycles. The average Bonchev–Trinajstić information content (AvgIpc) is 3.20. The van der Waals surface area contributed by atoms with E-state index in [2.05, 4.69) is 20.9 Å². The number of aryl methyl sites for hydroxylation is 1. The van der Waals surface area contributed by atoms with Crippen molar-refractivity contribution < 1.29 is 4.79 Å². The van der Waals surface area contributed by atoms with Crippen molar-refractivity contribution in [3.8, 4) is 0 Å². The monoisotopic (exact) mass is 457 g/mol. The van der Waals surface area contributed by atoms with Crippen LogP contribution in [0.2, 0.25) is 5.02 Å². The lowest BCUT2D eigenvalue weighted by Gasteiger charge is -2.45. The van der Waals surface area contributed by atoms with Crippen molar-refractivity contribution in [3.05, 3.63) is 47.0 Å². The van der Waals surface area contributed by atoms with Gasteiger partial charge in [-0.1, -0.05) is 37.3 Å². The van der Waals surface area contributed by atoms with Gasteiger partial charge in [-0.25, -0.2) is 4.98 Å². The number of nitrogens with one attached hydrogen (secondary N) is 3. The van der Waals surface area contributed by atoms with Gasteiger partial charge in [0.05, 0.1) is 16.9 Å².